The molecule has 0 atom stereocenters. The highest BCUT2D eigenvalue weighted by molar-refractivity contribution is 7.22. The lowest BCUT2D eigenvalue weighted by Crippen LogP contribution is -2.30. The molecule has 0 bridgehead atoms. The van der Waals surface area contributed by atoms with Crippen molar-refractivity contribution in [3.63, 3.8) is 0 Å². The molecule has 0 saturated carbocycles. The lowest BCUT2D eigenvalue weighted by molar-refractivity contribution is -0.114. The van der Waals surface area contributed by atoms with Gasteiger partial charge in [-0.25, -0.2) is 9.78 Å². The monoisotopic (exact) mass is 389 g/mol. The zero-order chi connectivity index (χ0) is 18.8. The Morgan fingerprint density at radius 2 is 1.96 bits per heavy atom. The van der Waals surface area contributed by atoms with E-state index in [1.807, 2.05) is 18.9 Å². The number of carbonyl (C=O) groups is 2. The molecular weight excluding hydrogens is 370 g/mol. The Morgan fingerprint density at radius 1 is 1.23 bits per heavy atom. The van der Waals surface area contributed by atoms with Gasteiger partial charge in [-0.2, -0.15) is 0 Å². The minimum atomic E-state index is -0.466. The number of amides is 1. The number of methoxy groups -OCH3 is 1. The van der Waals surface area contributed by atoms with Crippen LogP contribution >= 0.6 is 22.7 Å². The summed E-state index contributed by atoms with van der Waals surface area (Å²) in [6.45, 7) is 4.22. The molecule has 3 rings (SSSR count). The number of nitrogens with zero attached hydrogens (tertiary/aromatic N) is 2. The molecule has 6 nitrogen and oxygen atoms in total. The van der Waals surface area contributed by atoms with Gasteiger partial charge in [0.15, 0.2) is 5.13 Å². The predicted octanol–water partition coefficient (Wildman–Crippen LogP) is 3.84. The zero-order valence-corrected chi connectivity index (χ0v) is 16.6. The maximum Gasteiger partial charge on any atom is 0.340 e. The first-order valence-electron chi connectivity index (χ1n) is 7.94. The summed E-state index contributed by atoms with van der Waals surface area (Å²) < 4.78 is 5.86. The van der Waals surface area contributed by atoms with Gasteiger partial charge in [0.05, 0.1) is 29.4 Å². The van der Waals surface area contributed by atoms with E-state index in [4.69, 9.17) is 4.74 Å². The van der Waals surface area contributed by atoms with Crippen LogP contribution in [0.2, 0.25) is 0 Å². The number of aromatic nitrogens is 1. The first-order valence-corrected chi connectivity index (χ1v) is 9.64. The molecule has 1 aromatic carbocycles. The number of likely N-dealkylation sites (N-methyl/N-ethyl adjacent to an activating group) is 1. The van der Waals surface area contributed by atoms with E-state index in [0.717, 1.165) is 20.9 Å². The largest absolute Gasteiger partial charge is 0.465 e. The van der Waals surface area contributed by atoms with Gasteiger partial charge in [-0.3, -0.25) is 4.79 Å². The van der Waals surface area contributed by atoms with E-state index >= 15 is 0 Å². The lowest BCUT2D eigenvalue weighted by atomic mass is 10.1. The van der Waals surface area contributed by atoms with Crippen molar-refractivity contribution < 1.29 is 14.3 Å². The third kappa shape index (κ3) is 3.56. The van der Waals surface area contributed by atoms with E-state index in [9.17, 15) is 9.59 Å². The fourth-order valence-electron chi connectivity index (χ4n) is 2.54. The Morgan fingerprint density at radius 3 is 2.65 bits per heavy atom. The standard InChI is InChI=1S/C18H19N3O3S2/c1-10-5-6-11(2)15-14(10)20-18(26-15)21(3)9-13(22)19-16-12(7-8-25-16)17(23)24-4/h5-8H,9H2,1-4H3,(H,19,22). The summed E-state index contributed by atoms with van der Waals surface area (Å²) in [5, 5.41) is 5.79. The molecule has 0 spiro atoms. The molecule has 26 heavy (non-hydrogen) atoms. The van der Waals surface area contributed by atoms with E-state index in [2.05, 4.69) is 29.4 Å². The SMILES string of the molecule is COC(=O)c1ccsc1NC(=O)CN(C)c1nc2c(C)ccc(C)c2s1. The van der Waals surface area contributed by atoms with Gasteiger partial charge < -0.3 is 15.0 Å². The second-order valence-corrected chi connectivity index (χ2v) is 7.83. The Hall–Kier alpha value is -2.45. The van der Waals surface area contributed by atoms with Crippen molar-refractivity contribution in [2.45, 2.75) is 13.8 Å². The molecule has 8 heteroatoms. The van der Waals surface area contributed by atoms with Gasteiger partial charge in [0.2, 0.25) is 5.91 Å². The van der Waals surface area contributed by atoms with E-state index in [1.165, 1.54) is 24.0 Å². The molecule has 0 unspecified atom stereocenters. The molecule has 2 heterocycles. The summed E-state index contributed by atoms with van der Waals surface area (Å²) in [6, 6.07) is 5.77. The van der Waals surface area contributed by atoms with E-state index < -0.39 is 5.97 Å². The third-order valence-electron chi connectivity index (χ3n) is 3.96. The molecule has 2 aromatic heterocycles. The number of rotatable bonds is 5. The number of hydrogen-bond donors (Lipinski definition) is 1. The van der Waals surface area contributed by atoms with Gasteiger partial charge in [0, 0.05) is 7.05 Å². The molecule has 0 fully saturated rings. The van der Waals surface area contributed by atoms with Crippen molar-refractivity contribution in [2.24, 2.45) is 0 Å². The van der Waals surface area contributed by atoms with Crippen LogP contribution in [0.1, 0.15) is 21.5 Å². The second kappa shape index (κ2) is 7.43. The van der Waals surface area contributed by atoms with Gasteiger partial charge >= 0.3 is 5.97 Å². The van der Waals surface area contributed by atoms with E-state index in [1.54, 1.807) is 22.8 Å². The molecule has 0 radical (unpaired) electrons. The highest BCUT2D eigenvalue weighted by atomic mass is 32.1. The number of anilines is 2. The number of hydrogen-bond acceptors (Lipinski definition) is 7. The highest BCUT2D eigenvalue weighted by Crippen LogP contribution is 2.32. The van der Waals surface area contributed by atoms with Gasteiger partial charge in [-0.1, -0.05) is 23.5 Å². The van der Waals surface area contributed by atoms with Gasteiger partial charge in [-0.15, -0.1) is 11.3 Å². The van der Waals surface area contributed by atoms with Crippen LogP contribution < -0.4 is 10.2 Å². The zero-order valence-electron chi connectivity index (χ0n) is 15.0. The normalized spacial score (nSPS) is 10.8. The Bertz CT molecular complexity index is 938. The van der Waals surface area contributed by atoms with Crippen molar-refractivity contribution in [3.8, 4) is 0 Å². The number of carbonyl (C=O) groups excluding carboxylic acids is 2. The quantitative estimate of drug-likeness (QED) is 0.672. The summed E-state index contributed by atoms with van der Waals surface area (Å²) in [5.41, 5.74) is 3.63. The highest BCUT2D eigenvalue weighted by Gasteiger charge is 2.18. The van der Waals surface area contributed by atoms with Crippen LogP contribution in [0.15, 0.2) is 23.6 Å². The van der Waals surface area contributed by atoms with E-state index in [-0.39, 0.29) is 12.5 Å². The average Bonchev–Trinajstić information content (AvgIpc) is 3.25. The van der Waals surface area contributed by atoms with Crippen LogP contribution in [-0.4, -0.2) is 37.6 Å². The molecular formula is C18H19N3O3S2. The van der Waals surface area contributed by atoms with E-state index in [0.29, 0.717) is 10.6 Å². The number of fused-ring (bicyclic) bond motifs is 1. The van der Waals surface area contributed by atoms with Crippen LogP contribution in [0.3, 0.4) is 0 Å². The fraction of sp³-hybridized carbons (Fsp3) is 0.278. The molecule has 136 valence electrons. The molecule has 0 aliphatic heterocycles. The maximum atomic E-state index is 12.4. The maximum absolute atomic E-state index is 12.4. The van der Waals surface area contributed by atoms with Gasteiger partial charge in [0.1, 0.15) is 5.00 Å². The van der Waals surface area contributed by atoms with Crippen molar-refractivity contribution in [1.29, 1.82) is 0 Å². The number of esters is 1. The number of benzene rings is 1. The summed E-state index contributed by atoms with van der Waals surface area (Å²) in [4.78, 5) is 30.6. The molecule has 0 aliphatic carbocycles. The van der Waals surface area contributed by atoms with Crippen LogP contribution in [0, 0.1) is 13.8 Å². The average molecular weight is 390 g/mol. The summed E-state index contributed by atoms with van der Waals surface area (Å²) in [6.07, 6.45) is 0. The van der Waals surface area contributed by atoms with Crippen molar-refractivity contribution in [1.82, 2.24) is 4.98 Å². The Labute approximate surface area is 159 Å². The third-order valence-corrected chi connectivity index (χ3v) is 6.10. The first kappa shape index (κ1) is 18.3. The van der Waals surface area contributed by atoms with Crippen molar-refractivity contribution in [2.75, 3.05) is 30.9 Å². The smallest absolute Gasteiger partial charge is 0.340 e. The fourth-order valence-corrected chi connectivity index (χ4v) is 4.40. The van der Waals surface area contributed by atoms with Crippen molar-refractivity contribution in [3.05, 3.63) is 40.3 Å². The van der Waals surface area contributed by atoms with Crippen LogP contribution in [-0.2, 0) is 9.53 Å². The second-order valence-electron chi connectivity index (χ2n) is 5.93. The van der Waals surface area contributed by atoms with Gasteiger partial charge in [0.25, 0.3) is 0 Å². The number of thiophene rings is 1. The number of thiazole rings is 1. The number of ether oxygens (including phenoxy) is 1. The first-order chi connectivity index (χ1) is 12.4. The minimum absolute atomic E-state index is 0.135. The number of aryl methyl sites for hydroxylation is 2. The molecule has 1 N–H and O–H groups in total. The number of nitrogens with one attached hydrogen (secondary N) is 1. The molecule has 0 saturated heterocycles. The summed E-state index contributed by atoms with van der Waals surface area (Å²) in [7, 11) is 3.15. The van der Waals surface area contributed by atoms with Crippen LogP contribution in [0.4, 0.5) is 10.1 Å². The topological polar surface area (TPSA) is 71.5 Å². The van der Waals surface area contributed by atoms with Gasteiger partial charge in [-0.05, 0) is 36.4 Å². The Kier molecular flexibility index (Phi) is 5.24. The van der Waals surface area contributed by atoms with Crippen LogP contribution in [0.5, 0.6) is 0 Å². The predicted molar refractivity (Wildman–Crippen MR) is 107 cm³/mol. The summed E-state index contributed by atoms with van der Waals surface area (Å²) in [5.74, 6) is -0.681. The van der Waals surface area contributed by atoms with Crippen molar-refractivity contribution >= 4 is 54.9 Å². The molecule has 0 aliphatic rings. The Balaban J connectivity index is 1.74. The van der Waals surface area contributed by atoms with Crippen LogP contribution in [0.25, 0.3) is 10.2 Å². The minimum Gasteiger partial charge on any atom is -0.465 e. The lowest BCUT2D eigenvalue weighted by Gasteiger charge is -2.15. The molecule has 3 aromatic rings. The summed E-state index contributed by atoms with van der Waals surface area (Å²) >= 11 is 2.86. The molecule has 1 amide bonds.